The van der Waals surface area contributed by atoms with Gasteiger partial charge in [0.1, 0.15) is 30.1 Å². The number of rotatable bonds is 22. The molecule has 1 fully saturated rings. The van der Waals surface area contributed by atoms with Crippen LogP contribution in [0.25, 0.3) is 0 Å². The van der Waals surface area contributed by atoms with Gasteiger partial charge in [-0.05, 0) is 81.7 Å². The van der Waals surface area contributed by atoms with Crippen molar-refractivity contribution in [3.63, 3.8) is 0 Å². The Bertz CT molecular complexity index is 1270. The number of unbranched alkanes of at least 4 members (excludes halogenated alkanes) is 4. The molecule has 1 aliphatic rings. The van der Waals surface area contributed by atoms with Crippen LogP contribution in [0.2, 0.25) is 0 Å². The van der Waals surface area contributed by atoms with Crippen LogP contribution in [0.1, 0.15) is 58.8 Å². The summed E-state index contributed by atoms with van der Waals surface area (Å²) in [7, 11) is -4.81. The molecule has 1 aliphatic heterocycles. The molecule has 264 valence electrons. The standard InChI is InChI=1S/C33H52N4O9S/c1-3-4-10-21-37(22-11-6-9-19-34-26-13-7-5-8-14-26)23-12-20-35-27-15-17-28(18-16-27)45-33-30(36-25(2)38)32(40)31(39)29(46-33)24-44-47(41,42)43/h5,7-8,13-18,29-35,39-40H,3-4,6,9-12,19-24H2,1-2H3,(H,36,38)(H,41,42,43)/t29-,30-,31-,32-,33-/m1/s1. The van der Waals surface area contributed by atoms with Crippen molar-refractivity contribution in [1.82, 2.24) is 10.2 Å². The lowest BCUT2D eigenvalue weighted by Gasteiger charge is -2.42. The van der Waals surface area contributed by atoms with Crippen molar-refractivity contribution >= 4 is 27.7 Å². The summed E-state index contributed by atoms with van der Waals surface area (Å²) in [6.07, 6.45) is 2.31. The fourth-order valence-electron chi connectivity index (χ4n) is 5.38. The van der Waals surface area contributed by atoms with Crippen LogP contribution in [0.3, 0.4) is 0 Å². The van der Waals surface area contributed by atoms with Crippen molar-refractivity contribution in [3.05, 3.63) is 54.6 Å². The minimum atomic E-state index is -4.81. The molecular formula is C33H52N4O9S. The zero-order valence-electron chi connectivity index (χ0n) is 27.4. The third-order valence-electron chi connectivity index (χ3n) is 7.87. The van der Waals surface area contributed by atoms with Crippen molar-refractivity contribution in [1.29, 1.82) is 0 Å². The van der Waals surface area contributed by atoms with Gasteiger partial charge in [-0.3, -0.25) is 9.35 Å². The number of benzene rings is 2. The summed E-state index contributed by atoms with van der Waals surface area (Å²) in [6.45, 7) is 7.69. The van der Waals surface area contributed by atoms with Crippen molar-refractivity contribution in [2.24, 2.45) is 0 Å². The molecule has 47 heavy (non-hydrogen) atoms. The Morgan fingerprint density at radius 1 is 0.851 bits per heavy atom. The second-order valence-electron chi connectivity index (χ2n) is 11.8. The minimum absolute atomic E-state index is 0.356. The average Bonchev–Trinajstić information content (AvgIpc) is 3.04. The molecular weight excluding hydrogens is 628 g/mol. The second-order valence-corrected chi connectivity index (χ2v) is 12.9. The van der Waals surface area contributed by atoms with Gasteiger partial charge in [0.2, 0.25) is 12.2 Å². The maximum absolute atomic E-state index is 11.7. The van der Waals surface area contributed by atoms with Crippen LogP contribution in [0.5, 0.6) is 5.75 Å². The highest BCUT2D eigenvalue weighted by atomic mass is 32.3. The highest BCUT2D eigenvalue weighted by Crippen LogP contribution is 2.26. The number of carbonyl (C=O) groups is 1. The SMILES string of the molecule is CCCCCN(CCCCCNc1ccccc1)CCCNc1ccc(O[C@@H]2O[C@H](COS(=O)(=O)O)[C@@H](O)[C@H](O)[C@H]2NC(C)=O)cc1. The maximum atomic E-state index is 11.7. The molecule has 0 radical (unpaired) electrons. The van der Waals surface area contributed by atoms with Crippen LogP contribution >= 0.6 is 0 Å². The Kier molecular flexibility index (Phi) is 16.7. The first-order chi connectivity index (χ1) is 22.6. The van der Waals surface area contributed by atoms with Gasteiger partial charge in [0.05, 0.1) is 6.61 Å². The predicted molar refractivity (Wildman–Crippen MR) is 181 cm³/mol. The molecule has 0 unspecified atom stereocenters. The number of aliphatic hydroxyl groups excluding tert-OH is 2. The van der Waals surface area contributed by atoms with Gasteiger partial charge in [-0.25, -0.2) is 4.18 Å². The Balaban J connectivity index is 1.44. The number of anilines is 2. The topological polar surface area (TPSA) is 179 Å². The van der Waals surface area contributed by atoms with Crippen LogP contribution in [-0.2, 0) is 24.1 Å². The number of carbonyl (C=O) groups excluding carboxylic acids is 1. The Morgan fingerprint density at radius 3 is 2.11 bits per heavy atom. The first kappa shape index (κ1) is 38.5. The first-order valence-corrected chi connectivity index (χ1v) is 17.8. The monoisotopic (exact) mass is 680 g/mol. The highest BCUT2D eigenvalue weighted by molar-refractivity contribution is 7.80. The minimum Gasteiger partial charge on any atom is -0.463 e. The van der Waals surface area contributed by atoms with E-state index < -0.39 is 53.6 Å². The Labute approximate surface area is 278 Å². The van der Waals surface area contributed by atoms with E-state index in [-0.39, 0.29) is 0 Å². The van der Waals surface area contributed by atoms with Crippen LogP contribution in [0, 0.1) is 0 Å². The van der Waals surface area contributed by atoms with E-state index in [1.165, 1.54) is 39.0 Å². The fraction of sp³-hybridized carbons (Fsp3) is 0.606. The van der Waals surface area contributed by atoms with Gasteiger partial charge in [0, 0.05) is 31.4 Å². The summed E-state index contributed by atoms with van der Waals surface area (Å²) in [6, 6.07) is 16.2. The van der Waals surface area contributed by atoms with E-state index in [1.54, 1.807) is 12.1 Å². The predicted octanol–water partition coefficient (Wildman–Crippen LogP) is 3.41. The van der Waals surface area contributed by atoms with Gasteiger partial charge in [-0.2, -0.15) is 8.42 Å². The molecule has 2 aromatic carbocycles. The van der Waals surface area contributed by atoms with Gasteiger partial charge >= 0.3 is 10.4 Å². The average molecular weight is 681 g/mol. The molecule has 0 bridgehead atoms. The lowest BCUT2D eigenvalue weighted by atomic mass is 9.97. The number of hydrogen-bond acceptors (Lipinski definition) is 11. The van der Waals surface area contributed by atoms with Crippen LogP contribution in [0.4, 0.5) is 11.4 Å². The molecule has 0 spiro atoms. The van der Waals surface area contributed by atoms with Gasteiger partial charge < -0.3 is 40.5 Å². The largest absolute Gasteiger partial charge is 0.463 e. The van der Waals surface area contributed by atoms with Crippen LogP contribution < -0.4 is 20.7 Å². The summed E-state index contributed by atoms with van der Waals surface area (Å²) >= 11 is 0. The van der Waals surface area contributed by atoms with E-state index in [2.05, 4.69) is 44.1 Å². The van der Waals surface area contributed by atoms with Gasteiger partial charge in [0.15, 0.2) is 0 Å². The van der Waals surface area contributed by atoms with E-state index in [0.717, 1.165) is 56.9 Å². The zero-order chi connectivity index (χ0) is 34.1. The molecule has 3 rings (SSSR count). The van der Waals surface area contributed by atoms with E-state index in [9.17, 15) is 23.4 Å². The number of ether oxygens (including phenoxy) is 2. The molecule has 14 heteroatoms. The quantitative estimate of drug-likeness (QED) is 0.0790. The third kappa shape index (κ3) is 14.8. The zero-order valence-corrected chi connectivity index (χ0v) is 28.2. The Hall–Kier alpha value is -2.98. The molecule has 0 aromatic heterocycles. The Morgan fingerprint density at radius 2 is 1.47 bits per heavy atom. The number of hydrogen-bond donors (Lipinski definition) is 6. The molecule has 1 saturated heterocycles. The smallest absolute Gasteiger partial charge is 0.397 e. The molecule has 0 aliphatic carbocycles. The summed E-state index contributed by atoms with van der Waals surface area (Å²) < 4.78 is 46.7. The van der Waals surface area contributed by atoms with Crippen molar-refractivity contribution in [2.45, 2.75) is 89.4 Å². The van der Waals surface area contributed by atoms with Crippen molar-refractivity contribution in [3.8, 4) is 5.75 Å². The molecule has 2 aromatic rings. The molecule has 1 amide bonds. The number of nitrogens with zero attached hydrogens (tertiary/aromatic N) is 1. The molecule has 13 nitrogen and oxygen atoms in total. The second kappa shape index (κ2) is 20.4. The van der Waals surface area contributed by atoms with Crippen molar-refractivity contribution < 1.29 is 41.6 Å². The lowest BCUT2D eigenvalue weighted by molar-refractivity contribution is -0.242. The molecule has 5 atom stereocenters. The number of para-hydroxylation sites is 1. The van der Waals surface area contributed by atoms with E-state index in [4.69, 9.17) is 14.0 Å². The maximum Gasteiger partial charge on any atom is 0.397 e. The van der Waals surface area contributed by atoms with E-state index in [1.807, 2.05) is 30.3 Å². The first-order valence-electron chi connectivity index (χ1n) is 16.5. The van der Waals surface area contributed by atoms with Crippen molar-refractivity contribution in [2.75, 3.05) is 50.0 Å². The third-order valence-corrected chi connectivity index (χ3v) is 8.30. The molecule has 6 N–H and O–H groups in total. The molecule has 0 saturated carbocycles. The molecule has 1 heterocycles. The van der Waals surface area contributed by atoms with E-state index in [0.29, 0.717) is 5.75 Å². The van der Waals surface area contributed by atoms with Crippen LogP contribution in [-0.4, -0.2) is 104 Å². The number of nitrogens with one attached hydrogen (secondary N) is 3. The van der Waals surface area contributed by atoms with E-state index >= 15 is 0 Å². The summed E-state index contributed by atoms with van der Waals surface area (Å²) in [5.74, 6) is -0.138. The summed E-state index contributed by atoms with van der Waals surface area (Å²) in [5.41, 5.74) is 2.05. The number of aliphatic hydroxyl groups is 2. The number of amides is 1. The van der Waals surface area contributed by atoms with Gasteiger partial charge in [-0.15, -0.1) is 0 Å². The summed E-state index contributed by atoms with van der Waals surface area (Å²) in [5, 5.41) is 30.4. The van der Waals surface area contributed by atoms with Gasteiger partial charge in [0.25, 0.3) is 0 Å². The fourth-order valence-corrected chi connectivity index (χ4v) is 5.68. The van der Waals surface area contributed by atoms with Gasteiger partial charge in [-0.1, -0.05) is 44.4 Å². The lowest BCUT2D eigenvalue weighted by Crippen LogP contribution is -2.65. The highest BCUT2D eigenvalue weighted by Gasteiger charge is 2.46. The normalized spacial score (nSPS) is 21.4. The van der Waals surface area contributed by atoms with Crippen LogP contribution in [0.15, 0.2) is 54.6 Å². The summed E-state index contributed by atoms with van der Waals surface area (Å²) in [4.78, 5) is 14.3.